The van der Waals surface area contributed by atoms with Crippen molar-refractivity contribution in [3.63, 3.8) is 0 Å². The van der Waals surface area contributed by atoms with E-state index in [0.717, 1.165) is 17.0 Å². The quantitative estimate of drug-likeness (QED) is 0.140. The van der Waals surface area contributed by atoms with Gasteiger partial charge >= 0.3 is 0 Å². The summed E-state index contributed by atoms with van der Waals surface area (Å²) >= 11 is 0. The Kier molecular flexibility index (Phi) is 21.8. The van der Waals surface area contributed by atoms with E-state index in [4.69, 9.17) is 22.9 Å². The molecule has 11 heteroatoms. The van der Waals surface area contributed by atoms with Crippen LogP contribution < -0.4 is 22.9 Å². The Labute approximate surface area is 293 Å². The first-order valence-electron chi connectivity index (χ1n) is 14.5. The van der Waals surface area contributed by atoms with Gasteiger partial charge in [0.2, 0.25) is 5.95 Å². The van der Waals surface area contributed by atoms with Gasteiger partial charge in [-0.05, 0) is 40.2 Å². The molecule has 0 unspecified atom stereocenters. The standard InChI is InChI=1S/C9H14N2.3C8H13N3.4CH4/c1-9(2,3)7-4-5-8(10)11-6-7;1-8(2,3)6-4-11-7(9)5-10-6;1-8(2,3)6-4-10-7(9)11-5-6;1-8(2,3)6-4-5-7(9)11-10-6;;;;/h4-6H,1-3H3,(H2,10,11);4-5H,1-3H3,(H2,9,11);4-5H,1-3H3,(H2,9,10,11);4-5H,1-3H3,(H2,9,11);4*1H4. The van der Waals surface area contributed by atoms with E-state index in [-0.39, 0.29) is 51.4 Å². The molecule has 0 bridgehead atoms. The van der Waals surface area contributed by atoms with Gasteiger partial charge in [-0.15, -0.1) is 5.10 Å². The fourth-order valence-electron chi connectivity index (χ4n) is 3.04. The Morgan fingerprint density at radius 1 is 0.375 bits per heavy atom. The highest BCUT2D eigenvalue weighted by Crippen LogP contribution is 2.22. The van der Waals surface area contributed by atoms with Gasteiger partial charge in [0.05, 0.1) is 23.8 Å². The summed E-state index contributed by atoms with van der Waals surface area (Å²) < 4.78 is 0. The maximum atomic E-state index is 5.46. The molecule has 0 aliphatic carbocycles. The molecule has 0 amide bonds. The summed E-state index contributed by atoms with van der Waals surface area (Å²) in [4.78, 5) is 20.0. The Morgan fingerprint density at radius 2 is 0.812 bits per heavy atom. The highest BCUT2D eigenvalue weighted by Gasteiger charge is 2.16. The molecule has 0 saturated heterocycles. The van der Waals surface area contributed by atoms with E-state index >= 15 is 0 Å². The van der Waals surface area contributed by atoms with E-state index in [1.807, 2.05) is 24.4 Å². The normalized spacial score (nSPS) is 10.6. The Morgan fingerprint density at radius 3 is 1.15 bits per heavy atom. The van der Waals surface area contributed by atoms with Crippen molar-refractivity contribution < 1.29 is 0 Å². The topological polar surface area (TPSA) is 194 Å². The third kappa shape index (κ3) is 19.3. The van der Waals surface area contributed by atoms with Crippen molar-refractivity contribution in [1.82, 2.24) is 35.1 Å². The number of aromatic nitrogens is 7. The van der Waals surface area contributed by atoms with Crippen LogP contribution >= 0.6 is 0 Å². The SMILES string of the molecule is C.C.C.C.CC(C)(C)c1ccc(N)nc1.CC(C)(C)c1ccc(N)nn1.CC(C)(C)c1cnc(N)cn1.CC(C)(C)c1cnc(N)nc1. The molecule has 4 rings (SSSR count). The van der Waals surface area contributed by atoms with Gasteiger partial charge in [0.25, 0.3) is 0 Å². The van der Waals surface area contributed by atoms with Crippen molar-refractivity contribution >= 4 is 23.4 Å². The fourth-order valence-corrected chi connectivity index (χ4v) is 3.04. The van der Waals surface area contributed by atoms with Gasteiger partial charge in [-0.3, -0.25) is 4.98 Å². The molecular weight excluding hydrogens is 598 g/mol. The number of rotatable bonds is 0. The minimum Gasteiger partial charge on any atom is -0.384 e. The number of pyridine rings is 1. The van der Waals surface area contributed by atoms with E-state index < -0.39 is 0 Å². The van der Waals surface area contributed by atoms with Gasteiger partial charge in [-0.2, -0.15) is 5.10 Å². The van der Waals surface area contributed by atoms with Crippen LogP contribution in [-0.4, -0.2) is 35.1 Å². The molecule has 0 aliphatic rings. The maximum absolute atomic E-state index is 5.46. The van der Waals surface area contributed by atoms with Crippen LogP contribution in [0.15, 0.2) is 55.2 Å². The number of nitrogens with two attached hydrogens (primary N) is 4. The zero-order chi connectivity index (χ0) is 33.9. The lowest BCUT2D eigenvalue weighted by atomic mass is 9.88. The lowest BCUT2D eigenvalue weighted by Gasteiger charge is -2.17. The second-order valence-corrected chi connectivity index (χ2v) is 14.5. The summed E-state index contributed by atoms with van der Waals surface area (Å²) in [6.45, 7) is 25.3. The first-order valence-corrected chi connectivity index (χ1v) is 14.5. The fraction of sp³-hybridized carbons (Fsp3) is 0.541. The zero-order valence-electron chi connectivity index (χ0n) is 28.6. The summed E-state index contributed by atoms with van der Waals surface area (Å²) in [5.41, 5.74) is 26.2. The molecule has 0 aliphatic heterocycles. The molecule has 48 heavy (non-hydrogen) atoms. The van der Waals surface area contributed by atoms with E-state index in [1.165, 1.54) is 5.56 Å². The van der Waals surface area contributed by atoms with Crippen molar-refractivity contribution in [3.05, 3.63) is 77.8 Å². The Hall–Kier alpha value is -4.41. The molecule has 0 saturated carbocycles. The minimum absolute atomic E-state index is 0. The number of nitrogen functional groups attached to an aromatic ring is 4. The molecule has 0 aromatic carbocycles. The number of hydrogen-bond donors (Lipinski definition) is 4. The molecule has 0 atom stereocenters. The van der Waals surface area contributed by atoms with Crippen molar-refractivity contribution in [2.45, 2.75) is 134 Å². The molecule has 8 N–H and O–H groups in total. The van der Waals surface area contributed by atoms with E-state index in [9.17, 15) is 0 Å². The summed E-state index contributed by atoms with van der Waals surface area (Å²) in [5.74, 6) is 1.85. The van der Waals surface area contributed by atoms with Crippen LogP contribution in [0, 0.1) is 0 Å². The lowest BCUT2D eigenvalue weighted by molar-refractivity contribution is 0.559. The molecule has 11 nitrogen and oxygen atoms in total. The van der Waals surface area contributed by atoms with Gasteiger partial charge in [0, 0.05) is 29.4 Å². The highest BCUT2D eigenvalue weighted by atomic mass is 15.1. The molecule has 0 fully saturated rings. The Bertz CT molecular complexity index is 1150. The van der Waals surface area contributed by atoms with Gasteiger partial charge in [0.1, 0.15) is 17.5 Å². The van der Waals surface area contributed by atoms with Crippen LogP contribution in [-0.2, 0) is 21.7 Å². The van der Waals surface area contributed by atoms with Crippen LogP contribution in [0.25, 0.3) is 0 Å². The monoisotopic (exact) mass is 668 g/mol. The molecular formula is C37H69N11. The van der Waals surface area contributed by atoms with Gasteiger partial charge in [0.15, 0.2) is 0 Å². The summed E-state index contributed by atoms with van der Waals surface area (Å²) in [6.07, 6.45) is 8.66. The van der Waals surface area contributed by atoms with Gasteiger partial charge in [-0.1, -0.05) is 119 Å². The third-order valence-electron chi connectivity index (χ3n) is 6.08. The highest BCUT2D eigenvalue weighted by molar-refractivity contribution is 5.32. The van der Waals surface area contributed by atoms with Crippen molar-refractivity contribution in [1.29, 1.82) is 0 Å². The maximum Gasteiger partial charge on any atom is 0.219 e. The smallest absolute Gasteiger partial charge is 0.219 e. The van der Waals surface area contributed by atoms with Gasteiger partial charge in [-0.25, -0.2) is 19.9 Å². The Balaban J connectivity index is -0.000000262. The number of nitrogens with zero attached hydrogens (tertiary/aromatic N) is 7. The predicted molar refractivity (Wildman–Crippen MR) is 210 cm³/mol. The van der Waals surface area contributed by atoms with Crippen molar-refractivity contribution in [3.8, 4) is 0 Å². The van der Waals surface area contributed by atoms with E-state index in [0.29, 0.717) is 23.4 Å². The minimum atomic E-state index is 0. The van der Waals surface area contributed by atoms with E-state index in [1.54, 1.807) is 30.9 Å². The number of anilines is 4. The predicted octanol–water partition coefficient (Wildman–Crippen LogP) is 8.57. The molecule has 4 aromatic rings. The average molecular weight is 668 g/mol. The van der Waals surface area contributed by atoms with Gasteiger partial charge < -0.3 is 22.9 Å². The molecule has 4 heterocycles. The summed E-state index contributed by atoms with van der Waals surface area (Å²) in [5, 5.41) is 7.75. The molecule has 0 radical (unpaired) electrons. The zero-order valence-corrected chi connectivity index (χ0v) is 28.6. The van der Waals surface area contributed by atoms with E-state index in [2.05, 4.69) is 118 Å². The van der Waals surface area contributed by atoms with Crippen LogP contribution in [0.5, 0.6) is 0 Å². The molecule has 4 aromatic heterocycles. The third-order valence-corrected chi connectivity index (χ3v) is 6.08. The average Bonchev–Trinajstić information content (AvgIpc) is 2.89. The van der Waals surface area contributed by atoms with Crippen LogP contribution in [0.4, 0.5) is 23.4 Å². The largest absolute Gasteiger partial charge is 0.384 e. The summed E-state index contributed by atoms with van der Waals surface area (Å²) in [7, 11) is 0. The number of hydrogen-bond acceptors (Lipinski definition) is 11. The van der Waals surface area contributed by atoms with Crippen LogP contribution in [0.3, 0.4) is 0 Å². The summed E-state index contributed by atoms with van der Waals surface area (Å²) in [6, 6.07) is 7.53. The first kappa shape index (κ1) is 50.4. The second kappa shape index (κ2) is 20.7. The molecule has 0 spiro atoms. The first-order chi connectivity index (χ1) is 20.0. The second-order valence-electron chi connectivity index (χ2n) is 14.5. The lowest BCUT2D eigenvalue weighted by Crippen LogP contribution is -2.14. The molecule has 272 valence electrons. The van der Waals surface area contributed by atoms with Crippen molar-refractivity contribution in [2.75, 3.05) is 22.9 Å². The van der Waals surface area contributed by atoms with Crippen molar-refractivity contribution in [2.24, 2.45) is 0 Å². The van der Waals surface area contributed by atoms with Crippen LogP contribution in [0.2, 0.25) is 0 Å². The van der Waals surface area contributed by atoms with Crippen LogP contribution in [0.1, 0.15) is 135 Å².